The van der Waals surface area contributed by atoms with Gasteiger partial charge in [-0.3, -0.25) is 4.79 Å². The van der Waals surface area contributed by atoms with Gasteiger partial charge < -0.3 is 15.4 Å². The van der Waals surface area contributed by atoms with Gasteiger partial charge in [0.1, 0.15) is 0 Å². The molecule has 1 amide bonds. The van der Waals surface area contributed by atoms with Crippen molar-refractivity contribution in [2.24, 2.45) is 11.7 Å². The van der Waals surface area contributed by atoms with E-state index in [9.17, 15) is 4.79 Å². The number of halogens is 1. The lowest BCUT2D eigenvalue weighted by atomic mass is 9.90. The SMILES string of the molecule is NC(C(=O)N1CCC(c2nc3cc(Cl)ccc3s2)CC1)C1CCOCC1. The van der Waals surface area contributed by atoms with Crippen molar-refractivity contribution in [3.05, 3.63) is 28.2 Å². The normalized spacial score (nSPS) is 21.2. The Bertz CT molecular complexity index is 782. The van der Waals surface area contributed by atoms with Gasteiger partial charge in [0.2, 0.25) is 5.91 Å². The molecule has 140 valence electrons. The van der Waals surface area contributed by atoms with E-state index < -0.39 is 0 Å². The molecule has 26 heavy (non-hydrogen) atoms. The fraction of sp³-hybridized carbons (Fsp3) is 0.579. The van der Waals surface area contributed by atoms with E-state index in [4.69, 9.17) is 27.1 Å². The number of hydrogen-bond donors (Lipinski definition) is 1. The number of likely N-dealkylation sites (tertiary alicyclic amines) is 1. The minimum absolute atomic E-state index is 0.103. The van der Waals surface area contributed by atoms with E-state index in [1.807, 2.05) is 23.1 Å². The van der Waals surface area contributed by atoms with Gasteiger partial charge in [-0.2, -0.15) is 0 Å². The van der Waals surface area contributed by atoms with E-state index >= 15 is 0 Å². The number of carbonyl (C=O) groups excluding carboxylic acids is 1. The molecule has 2 aromatic rings. The Balaban J connectivity index is 1.37. The first-order valence-electron chi connectivity index (χ1n) is 9.30. The molecule has 3 heterocycles. The molecular formula is C19H24ClN3O2S. The summed E-state index contributed by atoms with van der Waals surface area (Å²) in [7, 11) is 0. The number of benzene rings is 1. The highest BCUT2D eigenvalue weighted by atomic mass is 35.5. The quantitative estimate of drug-likeness (QED) is 0.867. The molecule has 5 nitrogen and oxygen atoms in total. The zero-order chi connectivity index (χ0) is 18.1. The molecule has 2 fully saturated rings. The molecule has 1 aromatic carbocycles. The second-order valence-corrected chi connectivity index (χ2v) is 8.74. The topological polar surface area (TPSA) is 68.5 Å². The number of carbonyl (C=O) groups is 1. The highest BCUT2D eigenvalue weighted by Crippen LogP contribution is 2.35. The van der Waals surface area contributed by atoms with Crippen LogP contribution in [0.25, 0.3) is 10.2 Å². The first kappa shape index (κ1) is 18.2. The smallest absolute Gasteiger partial charge is 0.239 e. The van der Waals surface area contributed by atoms with Crippen LogP contribution >= 0.6 is 22.9 Å². The van der Waals surface area contributed by atoms with Crippen LogP contribution in [0.2, 0.25) is 5.02 Å². The van der Waals surface area contributed by atoms with Gasteiger partial charge in [-0.15, -0.1) is 11.3 Å². The second kappa shape index (κ2) is 7.80. The lowest BCUT2D eigenvalue weighted by Crippen LogP contribution is -2.51. The Labute approximate surface area is 162 Å². The van der Waals surface area contributed by atoms with Crippen LogP contribution < -0.4 is 5.73 Å². The van der Waals surface area contributed by atoms with Crippen molar-refractivity contribution in [2.45, 2.75) is 37.6 Å². The molecule has 0 saturated carbocycles. The monoisotopic (exact) mass is 393 g/mol. The predicted molar refractivity (Wildman–Crippen MR) is 105 cm³/mol. The van der Waals surface area contributed by atoms with Gasteiger partial charge >= 0.3 is 0 Å². The van der Waals surface area contributed by atoms with Crippen LogP contribution in [0.4, 0.5) is 0 Å². The van der Waals surface area contributed by atoms with Crippen LogP contribution in [-0.2, 0) is 9.53 Å². The first-order valence-corrected chi connectivity index (χ1v) is 10.5. The first-order chi connectivity index (χ1) is 12.6. The minimum Gasteiger partial charge on any atom is -0.381 e. The number of fused-ring (bicyclic) bond motifs is 1. The average Bonchev–Trinajstić information content (AvgIpc) is 3.11. The summed E-state index contributed by atoms with van der Waals surface area (Å²) in [6.07, 6.45) is 3.66. The van der Waals surface area contributed by atoms with Crippen LogP contribution in [0.15, 0.2) is 18.2 Å². The maximum Gasteiger partial charge on any atom is 0.239 e. The largest absolute Gasteiger partial charge is 0.381 e. The highest BCUT2D eigenvalue weighted by Gasteiger charge is 2.32. The van der Waals surface area contributed by atoms with E-state index in [2.05, 4.69) is 0 Å². The Morgan fingerprint density at radius 1 is 1.27 bits per heavy atom. The highest BCUT2D eigenvalue weighted by molar-refractivity contribution is 7.18. The maximum absolute atomic E-state index is 12.8. The number of thiazole rings is 1. The standard InChI is InChI=1S/C19H24ClN3O2S/c20-14-1-2-16-15(11-14)22-18(26-16)13-3-7-23(8-4-13)19(24)17(21)12-5-9-25-10-6-12/h1-2,11-13,17H,3-10,21H2. The zero-order valence-corrected chi connectivity index (χ0v) is 16.3. The molecule has 2 aliphatic heterocycles. The number of ether oxygens (including phenoxy) is 1. The van der Waals surface area contributed by atoms with Gasteiger partial charge in [-0.05, 0) is 49.8 Å². The van der Waals surface area contributed by atoms with Crippen LogP contribution in [-0.4, -0.2) is 48.1 Å². The van der Waals surface area contributed by atoms with Crippen molar-refractivity contribution < 1.29 is 9.53 Å². The summed E-state index contributed by atoms with van der Waals surface area (Å²) >= 11 is 7.80. The predicted octanol–water partition coefficient (Wildman–Crippen LogP) is 3.41. The summed E-state index contributed by atoms with van der Waals surface area (Å²) in [4.78, 5) is 19.5. The Morgan fingerprint density at radius 3 is 2.73 bits per heavy atom. The number of nitrogens with two attached hydrogens (primary N) is 1. The third-order valence-corrected chi connectivity index (χ3v) is 7.01. The third-order valence-electron chi connectivity index (χ3n) is 5.58. The van der Waals surface area contributed by atoms with Gasteiger partial charge in [0.25, 0.3) is 0 Å². The van der Waals surface area contributed by atoms with Crippen molar-refractivity contribution in [1.29, 1.82) is 0 Å². The number of hydrogen-bond acceptors (Lipinski definition) is 5. The van der Waals surface area contributed by atoms with Crippen molar-refractivity contribution in [3.63, 3.8) is 0 Å². The molecular weight excluding hydrogens is 370 g/mol. The fourth-order valence-corrected chi connectivity index (χ4v) is 5.21. The van der Waals surface area contributed by atoms with Gasteiger partial charge in [-0.25, -0.2) is 4.98 Å². The molecule has 1 aromatic heterocycles. The molecule has 2 N–H and O–H groups in total. The minimum atomic E-state index is -0.389. The Kier molecular flexibility index (Phi) is 5.45. The van der Waals surface area contributed by atoms with Gasteiger partial charge in [0, 0.05) is 37.2 Å². The van der Waals surface area contributed by atoms with E-state index in [0.29, 0.717) is 5.92 Å². The number of aromatic nitrogens is 1. The van der Waals surface area contributed by atoms with Gasteiger partial charge in [-0.1, -0.05) is 11.6 Å². The lowest BCUT2D eigenvalue weighted by Gasteiger charge is -2.35. The molecule has 7 heteroatoms. The van der Waals surface area contributed by atoms with Crippen LogP contribution in [0.1, 0.15) is 36.6 Å². The zero-order valence-electron chi connectivity index (χ0n) is 14.7. The number of rotatable bonds is 3. The fourth-order valence-electron chi connectivity index (χ4n) is 3.93. The average molecular weight is 394 g/mol. The van der Waals surface area contributed by atoms with E-state index in [1.54, 1.807) is 11.3 Å². The third kappa shape index (κ3) is 3.74. The molecule has 0 spiro atoms. The van der Waals surface area contributed by atoms with Crippen molar-refractivity contribution in [1.82, 2.24) is 9.88 Å². The van der Waals surface area contributed by atoms with Crippen LogP contribution in [0.5, 0.6) is 0 Å². The lowest BCUT2D eigenvalue weighted by molar-refractivity contribution is -0.135. The summed E-state index contributed by atoms with van der Waals surface area (Å²) in [5, 5.41) is 1.87. The molecule has 2 aliphatic rings. The van der Waals surface area contributed by atoms with E-state index in [0.717, 1.165) is 67.5 Å². The Morgan fingerprint density at radius 2 is 2.00 bits per heavy atom. The summed E-state index contributed by atoms with van der Waals surface area (Å²) < 4.78 is 6.55. The molecule has 2 saturated heterocycles. The Hall–Kier alpha value is -1.21. The van der Waals surface area contributed by atoms with Crippen molar-refractivity contribution in [3.8, 4) is 0 Å². The molecule has 1 unspecified atom stereocenters. The van der Waals surface area contributed by atoms with E-state index in [1.165, 1.54) is 4.70 Å². The van der Waals surface area contributed by atoms with Gasteiger partial charge in [0.05, 0.1) is 21.3 Å². The van der Waals surface area contributed by atoms with Crippen LogP contribution in [0.3, 0.4) is 0 Å². The summed E-state index contributed by atoms with van der Waals surface area (Å²) in [6, 6.07) is 5.47. The number of nitrogens with zero attached hydrogens (tertiary/aromatic N) is 2. The van der Waals surface area contributed by atoms with Crippen molar-refractivity contribution >= 4 is 39.1 Å². The number of piperidine rings is 1. The van der Waals surface area contributed by atoms with Crippen molar-refractivity contribution in [2.75, 3.05) is 26.3 Å². The molecule has 0 aliphatic carbocycles. The summed E-state index contributed by atoms with van der Waals surface area (Å²) in [6.45, 7) is 2.96. The van der Waals surface area contributed by atoms with E-state index in [-0.39, 0.29) is 17.9 Å². The number of amides is 1. The van der Waals surface area contributed by atoms with Crippen LogP contribution in [0, 0.1) is 5.92 Å². The summed E-state index contributed by atoms with van der Waals surface area (Å²) in [5.74, 6) is 0.768. The molecule has 4 rings (SSSR count). The summed E-state index contributed by atoms with van der Waals surface area (Å²) in [5.41, 5.74) is 7.23. The second-order valence-electron chi connectivity index (χ2n) is 7.24. The molecule has 0 bridgehead atoms. The maximum atomic E-state index is 12.8. The van der Waals surface area contributed by atoms with Gasteiger partial charge in [0.15, 0.2) is 0 Å². The molecule has 1 atom stereocenters. The molecule has 0 radical (unpaired) electrons.